The van der Waals surface area contributed by atoms with Gasteiger partial charge in [0, 0.05) is 6.42 Å². The first kappa shape index (κ1) is 19.9. The van der Waals surface area contributed by atoms with Crippen molar-refractivity contribution < 1.29 is 24.2 Å². The van der Waals surface area contributed by atoms with Gasteiger partial charge in [-0.1, -0.05) is 11.8 Å². The van der Waals surface area contributed by atoms with Crippen LogP contribution in [0.25, 0.3) is 0 Å². The van der Waals surface area contributed by atoms with Gasteiger partial charge in [-0.3, -0.25) is 9.69 Å². The van der Waals surface area contributed by atoms with Gasteiger partial charge in [0.2, 0.25) is 0 Å². The van der Waals surface area contributed by atoms with E-state index in [0.717, 1.165) is 42.5 Å². The van der Waals surface area contributed by atoms with Crippen LogP contribution in [0.15, 0.2) is 5.03 Å². The van der Waals surface area contributed by atoms with Gasteiger partial charge in [0.15, 0.2) is 5.03 Å². The van der Waals surface area contributed by atoms with Gasteiger partial charge >= 0.3 is 5.97 Å². The molecular weight excluding hydrogens is 364 g/mol. The average Bonchev–Trinajstić information content (AvgIpc) is 2.66. The summed E-state index contributed by atoms with van der Waals surface area (Å²) in [5, 5.41) is 10.6. The second-order valence-corrected chi connectivity index (χ2v) is 8.71. The minimum Gasteiger partial charge on any atom is -0.468 e. The van der Waals surface area contributed by atoms with Crippen LogP contribution in [0.3, 0.4) is 0 Å². The Hall–Kier alpha value is -1.82. The molecule has 0 spiro atoms. The maximum atomic E-state index is 11.6. The number of hydrogen-bond donors (Lipinski definition) is 1. The average molecular weight is 393 g/mol. The Morgan fingerprint density at radius 1 is 1.41 bits per heavy atom. The van der Waals surface area contributed by atoms with E-state index in [0.29, 0.717) is 18.8 Å². The van der Waals surface area contributed by atoms with Gasteiger partial charge in [0.1, 0.15) is 36.8 Å². The quantitative estimate of drug-likeness (QED) is 0.566. The van der Waals surface area contributed by atoms with Gasteiger partial charge < -0.3 is 14.4 Å². The normalized spacial score (nSPS) is 21.3. The number of aromatic nitrogens is 1. The van der Waals surface area contributed by atoms with Gasteiger partial charge in [-0.25, -0.2) is 4.98 Å². The summed E-state index contributed by atoms with van der Waals surface area (Å²) in [5.74, 6) is 0.944. The number of methoxy groups -OCH3 is 1. The fourth-order valence-corrected chi connectivity index (χ4v) is 4.49. The summed E-state index contributed by atoms with van der Waals surface area (Å²) < 4.78 is 10.3. The smallest absolute Gasteiger partial charge is 0.316 e. The van der Waals surface area contributed by atoms with Gasteiger partial charge in [0.05, 0.1) is 38.7 Å². The Kier molecular flexibility index (Phi) is 5.94. The number of ether oxygens (including phenoxy) is 2. The number of nitriles is 1. The Bertz CT molecular complexity index is 769. The molecule has 7 nitrogen and oxygen atoms in total. The molecule has 2 aliphatic heterocycles. The molecule has 3 rings (SSSR count). The number of carbonyl (C=O) groups excluding carboxylic acids is 1. The predicted octanol–water partition coefficient (Wildman–Crippen LogP) is -0.177. The number of likely N-dealkylation sites (N-methyl/N-ethyl adjacent to an activating group) is 1. The van der Waals surface area contributed by atoms with Crippen molar-refractivity contribution in [3.63, 3.8) is 0 Å². The van der Waals surface area contributed by atoms with E-state index in [-0.39, 0.29) is 17.3 Å². The Labute approximate surface area is 164 Å². The van der Waals surface area contributed by atoms with Gasteiger partial charge in [-0.15, -0.1) is 0 Å². The van der Waals surface area contributed by atoms with E-state index >= 15 is 0 Å². The van der Waals surface area contributed by atoms with Crippen molar-refractivity contribution in [2.75, 3.05) is 51.1 Å². The van der Waals surface area contributed by atoms with Crippen LogP contribution in [0, 0.1) is 11.3 Å². The second kappa shape index (κ2) is 8.05. The van der Waals surface area contributed by atoms with Crippen LogP contribution in [-0.2, 0) is 27.2 Å². The summed E-state index contributed by atoms with van der Waals surface area (Å²) in [4.78, 5) is 18.8. The summed E-state index contributed by atoms with van der Waals surface area (Å²) in [6.45, 7) is 8.36. The topological polar surface area (TPSA) is 81.1 Å². The van der Waals surface area contributed by atoms with E-state index in [9.17, 15) is 10.1 Å². The molecule has 1 fully saturated rings. The van der Waals surface area contributed by atoms with Crippen LogP contribution >= 0.6 is 11.8 Å². The van der Waals surface area contributed by atoms with E-state index in [1.165, 1.54) is 29.3 Å². The molecule has 1 aromatic rings. The van der Waals surface area contributed by atoms with Crippen LogP contribution in [0.1, 0.15) is 30.5 Å². The van der Waals surface area contributed by atoms with E-state index in [1.54, 1.807) is 0 Å². The van der Waals surface area contributed by atoms with E-state index < -0.39 is 0 Å². The van der Waals surface area contributed by atoms with Crippen molar-refractivity contribution in [2.24, 2.45) is 0 Å². The van der Waals surface area contributed by atoms with E-state index in [1.807, 2.05) is 0 Å². The molecule has 1 saturated heterocycles. The number of hydrogen-bond acceptors (Lipinski definition) is 6. The monoisotopic (exact) mass is 392 g/mol. The molecule has 2 N–H and O–H groups in total. The number of anilines is 1. The molecule has 27 heavy (non-hydrogen) atoms. The minimum atomic E-state index is -0.299. The number of rotatable bonds is 4. The lowest BCUT2D eigenvalue weighted by atomic mass is 9.84. The van der Waals surface area contributed by atoms with Crippen molar-refractivity contribution in [3.05, 3.63) is 16.7 Å². The second-order valence-electron chi connectivity index (χ2n) is 7.73. The number of aromatic amines is 1. The number of nitrogens with zero attached hydrogens (tertiary/aromatic N) is 2. The lowest BCUT2D eigenvalue weighted by Gasteiger charge is -2.38. The number of carbonyl (C=O) groups is 1. The Balaban J connectivity index is 2.09. The molecule has 0 radical (unpaired) electrons. The molecule has 0 aromatic carbocycles. The van der Waals surface area contributed by atoms with Crippen molar-refractivity contribution in [1.82, 2.24) is 0 Å². The number of pyridine rings is 1. The molecule has 1 atom stereocenters. The molecule has 8 heteroatoms. The number of fused-ring (bicyclic) bond motifs is 1. The van der Waals surface area contributed by atoms with E-state index in [2.05, 4.69) is 36.8 Å². The number of nitrogens with one attached hydrogen (secondary N) is 2. The number of thioether (sulfide) groups is 1. The van der Waals surface area contributed by atoms with Crippen molar-refractivity contribution >= 4 is 23.5 Å². The highest BCUT2D eigenvalue weighted by atomic mass is 32.2. The van der Waals surface area contributed by atoms with Crippen LogP contribution in [0.4, 0.5) is 5.82 Å². The third-order valence-corrected chi connectivity index (χ3v) is 6.60. The lowest BCUT2D eigenvalue weighted by molar-refractivity contribution is -0.945. The molecular formula is C19H28N4O3S+2. The molecule has 0 amide bonds. The molecule has 0 aliphatic carbocycles. The Morgan fingerprint density at radius 2 is 2.11 bits per heavy atom. The van der Waals surface area contributed by atoms with Crippen LogP contribution in [-0.4, -0.2) is 57.7 Å². The fraction of sp³-hybridized carbons (Fsp3) is 0.632. The molecule has 2 aliphatic rings. The van der Waals surface area contributed by atoms with E-state index in [4.69, 9.17) is 9.47 Å². The zero-order valence-corrected chi connectivity index (χ0v) is 17.3. The van der Waals surface area contributed by atoms with Crippen LogP contribution < -0.4 is 14.8 Å². The maximum absolute atomic E-state index is 11.6. The maximum Gasteiger partial charge on any atom is 0.316 e. The zero-order valence-electron chi connectivity index (χ0n) is 16.5. The van der Waals surface area contributed by atoms with Gasteiger partial charge in [-0.05, 0) is 19.4 Å². The first-order valence-electron chi connectivity index (χ1n) is 9.23. The molecule has 3 heterocycles. The summed E-state index contributed by atoms with van der Waals surface area (Å²) in [5.41, 5.74) is 3.04. The van der Waals surface area contributed by atoms with Gasteiger partial charge in [-0.2, -0.15) is 5.26 Å². The number of morpholine rings is 1. The Morgan fingerprint density at radius 3 is 2.74 bits per heavy atom. The number of esters is 1. The third kappa shape index (κ3) is 4.05. The molecule has 146 valence electrons. The summed E-state index contributed by atoms with van der Waals surface area (Å²) in [7, 11) is 3.59. The van der Waals surface area contributed by atoms with Crippen molar-refractivity contribution in [3.8, 4) is 6.07 Å². The molecule has 1 unspecified atom stereocenters. The first-order valence-corrected chi connectivity index (χ1v) is 10.2. The standard InChI is InChI=1S/C19H26N4O3S/c1-19(2)9-13-14(10-20)18(27-12-16(24)25-4)21-17(15(13)11-22(19)3)23-5-7-26-8-6-23/h5-9,11-12H2,1-4H3/p+2. The number of H-pyrrole nitrogens is 1. The number of quaternary nitrogens is 1. The summed E-state index contributed by atoms with van der Waals surface area (Å²) in [6.07, 6.45) is 0.828. The fourth-order valence-electron chi connectivity index (χ4n) is 3.63. The molecule has 1 aromatic heterocycles. The van der Waals surface area contributed by atoms with Crippen molar-refractivity contribution in [2.45, 2.75) is 37.4 Å². The largest absolute Gasteiger partial charge is 0.468 e. The zero-order chi connectivity index (χ0) is 19.6. The predicted molar refractivity (Wildman–Crippen MR) is 102 cm³/mol. The first-order chi connectivity index (χ1) is 12.9. The minimum absolute atomic E-state index is 0.0481. The SMILES string of the molecule is COC(=O)CSc1[nH+]c(N2CCOCC2)c2c(c1C#N)CC(C)(C)[NH+](C)C2. The van der Waals surface area contributed by atoms with Gasteiger partial charge in [0.25, 0.3) is 5.82 Å². The highest BCUT2D eigenvalue weighted by Crippen LogP contribution is 2.32. The summed E-state index contributed by atoms with van der Waals surface area (Å²) >= 11 is 1.34. The van der Waals surface area contributed by atoms with Crippen LogP contribution in [0.5, 0.6) is 0 Å². The van der Waals surface area contributed by atoms with Crippen molar-refractivity contribution in [1.29, 1.82) is 5.26 Å². The van der Waals surface area contributed by atoms with Crippen LogP contribution in [0.2, 0.25) is 0 Å². The third-order valence-electron chi connectivity index (χ3n) is 5.63. The highest BCUT2D eigenvalue weighted by Gasteiger charge is 2.41. The molecule has 0 saturated carbocycles. The molecule has 0 bridgehead atoms. The lowest BCUT2D eigenvalue weighted by Crippen LogP contribution is -3.16. The summed E-state index contributed by atoms with van der Waals surface area (Å²) in [6, 6.07) is 2.39. The highest BCUT2D eigenvalue weighted by molar-refractivity contribution is 7.99.